The van der Waals surface area contributed by atoms with E-state index < -0.39 is 28.1 Å². The number of alkyl halides is 3. The van der Waals surface area contributed by atoms with Crippen molar-refractivity contribution in [2.75, 3.05) is 6.54 Å². The van der Waals surface area contributed by atoms with Crippen LogP contribution in [-0.2, 0) is 22.7 Å². The topological polar surface area (TPSA) is 68.1 Å². The lowest BCUT2D eigenvalue weighted by atomic mass is 10.1. The fraction of sp³-hybridized carbons (Fsp3) is 0.500. The van der Waals surface area contributed by atoms with E-state index in [1.807, 2.05) is 13.8 Å². The van der Waals surface area contributed by atoms with Gasteiger partial charge in [0.2, 0.25) is 15.8 Å². The average molecular weight is 388 g/mol. The number of benzene rings is 1. The molecule has 0 fully saturated rings. The van der Waals surface area contributed by atoms with Crippen molar-refractivity contribution in [2.45, 2.75) is 51.4 Å². The lowest BCUT2D eigenvalue weighted by Crippen LogP contribution is -2.42. The number of rotatable bonds is 2. The molecule has 1 aliphatic rings. The maximum atomic E-state index is 13.1. The van der Waals surface area contributed by atoms with Crippen LogP contribution in [0.1, 0.15) is 41.3 Å². The SMILES string of the molecule is Cc1cc(C)c(S(=O)(=O)N2CCn3c(nnc3C(F)(F)F)C2C)cc1C. The van der Waals surface area contributed by atoms with Gasteiger partial charge in [-0.1, -0.05) is 6.07 Å². The van der Waals surface area contributed by atoms with Crippen molar-refractivity contribution >= 4 is 10.0 Å². The number of hydrogen-bond acceptors (Lipinski definition) is 4. The highest BCUT2D eigenvalue weighted by molar-refractivity contribution is 7.89. The van der Waals surface area contributed by atoms with Crippen molar-refractivity contribution in [2.24, 2.45) is 0 Å². The molecule has 142 valence electrons. The Hall–Kier alpha value is -1.94. The van der Waals surface area contributed by atoms with Crippen LogP contribution >= 0.6 is 0 Å². The summed E-state index contributed by atoms with van der Waals surface area (Å²) >= 11 is 0. The van der Waals surface area contributed by atoms with Gasteiger partial charge in [0.25, 0.3) is 0 Å². The second-order valence-corrected chi connectivity index (χ2v) is 8.38. The largest absolute Gasteiger partial charge is 0.451 e. The van der Waals surface area contributed by atoms with E-state index in [1.165, 1.54) is 11.2 Å². The van der Waals surface area contributed by atoms with Crippen LogP contribution in [0.4, 0.5) is 13.2 Å². The number of fused-ring (bicyclic) bond motifs is 1. The van der Waals surface area contributed by atoms with Crippen molar-refractivity contribution in [3.63, 3.8) is 0 Å². The monoisotopic (exact) mass is 388 g/mol. The van der Waals surface area contributed by atoms with E-state index in [1.54, 1.807) is 19.1 Å². The molecular weight excluding hydrogens is 369 g/mol. The van der Waals surface area contributed by atoms with Crippen molar-refractivity contribution in [1.82, 2.24) is 19.1 Å². The van der Waals surface area contributed by atoms with Gasteiger partial charge >= 0.3 is 6.18 Å². The minimum absolute atomic E-state index is 0.00589. The van der Waals surface area contributed by atoms with Crippen LogP contribution in [0, 0.1) is 20.8 Å². The number of nitrogens with zero attached hydrogens (tertiary/aromatic N) is 4. The van der Waals surface area contributed by atoms with Crippen LogP contribution in [-0.4, -0.2) is 34.0 Å². The summed E-state index contributed by atoms with van der Waals surface area (Å²) in [5, 5.41) is 6.82. The zero-order valence-electron chi connectivity index (χ0n) is 14.8. The van der Waals surface area contributed by atoms with Crippen molar-refractivity contribution in [1.29, 1.82) is 0 Å². The molecule has 26 heavy (non-hydrogen) atoms. The van der Waals surface area contributed by atoms with Crippen LogP contribution in [0.15, 0.2) is 17.0 Å². The second-order valence-electron chi connectivity index (χ2n) is 6.52. The van der Waals surface area contributed by atoms with Crippen LogP contribution in [0.3, 0.4) is 0 Å². The number of halogens is 3. The maximum Gasteiger partial charge on any atom is 0.451 e. The molecule has 10 heteroatoms. The molecule has 0 saturated carbocycles. The van der Waals surface area contributed by atoms with Gasteiger partial charge in [-0.05, 0) is 50.5 Å². The number of aromatic nitrogens is 3. The molecule has 0 bridgehead atoms. The first-order valence-corrected chi connectivity index (χ1v) is 9.48. The molecule has 1 aromatic heterocycles. The van der Waals surface area contributed by atoms with Gasteiger partial charge in [-0.2, -0.15) is 17.5 Å². The third kappa shape index (κ3) is 2.90. The molecule has 0 N–H and O–H groups in total. The molecule has 0 aliphatic carbocycles. The summed E-state index contributed by atoms with van der Waals surface area (Å²) in [4.78, 5) is 0.163. The second kappa shape index (κ2) is 6.05. The summed E-state index contributed by atoms with van der Waals surface area (Å²) in [5.74, 6) is -1.10. The van der Waals surface area contributed by atoms with Crippen LogP contribution < -0.4 is 0 Å². The van der Waals surface area contributed by atoms with Crippen LogP contribution in [0.5, 0.6) is 0 Å². The highest BCUT2D eigenvalue weighted by Gasteiger charge is 2.43. The smallest absolute Gasteiger partial charge is 0.305 e. The standard InChI is InChI=1S/C16H19F3N4O2S/c1-9-7-11(3)13(8-10(9)2)26(24,25)23-6-5-22-14(12(23)4)20-21-15(22)16(17,18)19/h7-8,12H,5-6H2,1-4H3. The van der Waals surface area contributed by atoms with Gasteiger partial charge in [-0.25, -0.2) is 8.42 Å². The highest BCUT2D eigenvalue weighted by atomic mass is 32.2. The average Bonchev–Trinajstić information content (AvgIpc) is 2.96. The Morgan fingerprint density at radius 3 is 2.27 bits per heavy atom. The summed E-state index contributed by atoms with van der Waals surface area (Å²) in [6.07, 6.45) is -4.63. The van der Waals surface area contributed by atoms with Crippen molar-refractivity contribution < 1.29 is 21.6 Å². The molecule has 1 aromatic carbocycles. The fourth-order valence-electron chi connectivity index (χ4n) is 3.24. The Labute approximate surface area is 149 Å². The highest BCUT2D eigenvalue weighted by Crippen LogP contribution is 2.35. The molecule has 3 rings (SSSR count). The zero-order valence-corrected chi connectivity index (χ0v) is 15.6. The molecule has 0 spiro atoms. The molecule has 2 aromatic rings. The molecule has 0 saturated heterocycles. The number of hydrogen-bond donors (Lipinski definition) is 0. The van der Waals surface area contributed by atoms with Gasteiger partial charge in [0.15, 0.2) is 5.82 Å². The number of sulfonamides is 1. The van der Waals surface area contributed by atoms with Crippen LogP contribution in [0.2, 0.25) is 0 Å². The molecule has 0 amide bonds. The van der Waals surface area contributed by atoms with Gasteiger partial charge < -0.3 is 4.57 Å². The molecule has 1 aliphatic heterocycles. The van der Waals surface area contributed by atoms with Crippen molar-refractivity contribution in [3.05, 3.63) is 40.5 Å². The third-order valence-corrected chi connectivity index (χ3v) is 6.87. The first kappa shape index (κ1) is 18.8. The van der Waals surface area contributed by atoms with E-state index in [0.29, 0.717) is 5.56 Å². The summed E-state index contributed by atoms with van der Waals surface area (Å²) in [7, 11) is -3.88. The van der Waals surface area contributed by atoms with Crippen LogP contribution in [0.25, 0.3) is 0 Å². The predicted molar refractivity (Wildman–Crippen MR) is 88.0 cm³/mol. The quantitative estimate of drug-likeness (QED) is 0.793. The Kier molecular flexibility index (Phi) is 4.39. The Morgan fingerprint density at radius 2 is 1.65 bits per heavy atom. The summed E-state index contributed by atoms with van der Waals surface area (Å²) in [6, 6.07) is 2.55. The van der Waals surface area contributed by atoms with Gasteiger partial charge in [0.1, 0.15) is 0 Å². The maximum absolute atomic E-state index is 13.1. The van der Waals surface area contributed by atoms with E-state index in [4.69, 9.17) is 0 Å². The van der Waals surface area contributed by atoms with Gasteiger partial charge in [-0.15, -0.1) is 10.2 Å². The van der Waals surface area contributed by atoms with E-state index >= 15 is 0 Å². The van der Waals surface area contributed by atoms with Gasteiger partial charge in [-0.3, -0.25) is 0 Å². The first-order chi connectivity index (χ1) is 11.9. The van der Waals surface area contributed by atoms with E-state index in [0.717, 1.165) is 15.7 Å². The normalized spacial score (nSPS) is 18.8. The van der Waals surface area contributed by atoms with E-state index in [-0.39, 0.29) is 23.8 Å². The predicted octanol–water partition coefficient (Wildman–Crippen LogP) is 2.99. The fourth-order valence-corrected chi connectivity index (χ4v) is 5.12. The third-order valence-electron chi connectivity index (χ3n) is 4.76. The molecule has 1 atom stereocenters. The van der Waals surface area contributed by atoms with E-state index in [2.05, 4.69) is 10.2 Å². The summed E-state index contributed by atoms with van der Waals surface area (Å²) < 4.78 is 67.5. The van der Waals surface area contributed by atoms with Crippen molar-refractivity contribution in [3.8, 4) is 0 Å². The summed E-state index contributed by atoms with van der Waals surface area (Å²) in [6.45, 7) is 6.71. The molecule has 1 unspecified atom stereocenters. The Balaban J connectivity index is 2.04. The molecule has 2 heterocycles. The lowest BCUT2D eigenvalue weighted by molar-refractivity contribution is -0.147. The molecule has 6 nitrogen and oxygen atoms in total. The first-order valence-electron chi connectivity index (χ1n) is 8.04. The molecular formula is C16H19F3N4O2S. The van der Waals surface area contributed by atoms with Gasteiger partial charge in [0, 0.05) is 13.1 Å². The Bertz CT molecular complexity index is 967. The number of aryl methyl sites for hydroxylation is 3. The molecule has 0 radical (unpaired) electrons. The summed E-state index contributed by atoms with van der Waals surface area (Å²) in [5.41, 5.74) is 2.41. The minimum Gasteiger partial charge on any atom is -0.305 e. The lowest BCUT2D eigenvalue weighted by Gasteiger charge is -2.33. The zero-order chi connectivity index (χ0) is 19.4. The Morgan fingerprint density at radius 1 is 1.04 bits per heavy atom. The van der Waals surface area contributed by atoms with Gasteiger partial charge in [0.05, 0.1) is 10.9 Å². The van der Waals surface area contributed by atoms with E-state index in [9.17, 15) is 21.6 Å². The minimum atomic E-state index is -4.63.